The molecule has 0 unspecified atom stereocenters. The number of carbonyl (C=O) groups is 1. The van der Waals surface area contributed by atoms with Crippen LogP contribution in [0.2, 0.25) is 0 Å². The van der Waals surface area contributed by atoms with Crippen molar-refractivity contribution >= 4 is 11.4 Å². The maximum absolute atomic E-state index is 14.1. The number of rotatable bonds is 4. The SMILES string of the molecule is O=C(c1nnc(-c2ncccc2F)o1)N1CCc2[nH]cnc2[C@@H]1c1cc2c(C(F)F)cccn2n1. The Bertz CT molecular complexity index is 1560. The van der Waals surface area contributed by atoms with E-state index in [0.29, 0.717) is 17.8 Å². The van der Waals surface area contributed by atoms with Crippen molar-refractivity contribution < 1.29 is 22.4 Å². The third kappa shape index (κ3) is 3.43. The van der Waals surface area contributed by atoms with Gasteiger partial charge in [-0.05, 0) is 30.3 Å². The molecule has 1 aliphatic heterocycles. The number of aromatic nitrogens is 7. The summed E-state index contributed by atoms with van der Waals surface area (Å²) in [6.45, 7) is 0.240. The largest absolute Gasteiger partial charge is 0.411 e. The third-order valence-electron chi connectivity index (χ3n) is 5.82. The number of aromatic amines is 1. The van der Waals surface area contributed by atoms with Crippen LogP contribution in [0.25, 0.3) is 17.1 Å². The van der Waals surface area contributed by atoms with E-state index in [1.54, 1.807) is 6.20 Å². The second kappa shape index (κ2) is 8.04. The Morgan fingerprint density at radius 2 is 2.09 bits per heavy atom. The van der Waals surface area contributed by atoms with Crippen LogP contribution in [0, 0.1) is 5.82 Å². The summed E-state index contributed by atoms with van der Waals surface area (Å²) >= 11 is 0. The number of fused-ring (bicyclic) bond motifs is 2. The molecule has 176 valence electrons. The summed E-state index contributed by atoms with van der Waals surface area (Å²) in [4.78, 5) is 26.2. The van der Waals surface area contributed by atoms with Gasteiger partial charge in [-0.15, -0.1) is 10.2 Å². The Hall–Kier alpha value is -4.55. The highest BCUT2D eigenvalue weighted by molar-refractivity contribution is 5.90. The average Bonchev–Trinajstić information content (AvgIpc) is 3.62. The van der Waals surface area contributed by atoms with Gasteiger partial charge in [-0.3, -0.25) is 4.79 Å². The van der Waals surface area contributed by atoms with Crippen molar-refractivity contribution in [2.24, 2.45) is 0 Å². The Morgan fingerprint density at radius 1 is 1.20 bits per heavy atom. The standard InChI is InChI=1S/C22H15F3N8O2/c23-12-4-1-6-26-16(12)20-29-30-21(35-20)22(34)32-8-5-13-17(28-10-27-13)18(32)14-9-15-11(19(24)25)3-2-7-33(15)31-14/h1-4,6-7,9-10,18-19H,5,8H2,(H,27,28)/t18-/m0/s1. The number of imidazole rings is 1. The fourth-order valence-corrected chi connectivity index (χ4v) is 4.24. The number of hydrogen-bond donors (Lipinski definition) is 1. The molecule has 6 heterocycles. The highest BCUT2D eigenvalue weighted by Gasteiger charge is 2.38. The minimum atomic E-state index is -2.70. The molecular formula is C22H15F3N8O2. The molecule has 0 aliphatic carbocycles. The van der Waals surface area contributed by atoms with Gasteiger partial charge < -0.3 is 14.3 Å². The molecule has 13 heteroatoms. The minimum Gasteiger partial charge on any atom is -0.411 e. The summed E-state index contributed by atoms with van der Waals surface area (Å²) in [5, 5.41) is 12.0. The zero-order valence-corrected chi connectivity index (χ0v) is 17.8. The van der Waals surface area contributed by atoms with Gasteiger partial charge in [0.25, 0.3) is 12.3 Å². The van der Waals surface area contributed by atoms with E-state index in [1.165, 1.54) is 52.3 Å². The Labute approximate surface area is 194 Å². The molecule has 0 spiro atoms. The first-order valence-corrected chi connectivity index (χ1v) is 10.5. The molecular weight excluding hydrogens is 465 g/mol. The molecule has 6 rings (SSSR count). The number of pyridine rings is 2. The summed E-state index contributed by atoms with van der Waals surface area (Å²) in [6, 6.07) is 6.11. The predicted molar refractivity (Wildman–Crippen MR) is 113 cm³/mol. The fourth-order valence-electron chi connectivity index (χ4n) is 4.24. The van der Waals surface area contributed by atoms with Crippen LogP contribution in [0.4, 0.5) is 13.2 Å². The monoisotopic (exact) mass is 480 g/mol. The number of alkyl halides is 2. The first-order valence-electron chi connectivity index (χ1n) is 10.5. The van der Waals surface area contributed by atoms with Gasteiger partial charge in [-0.1, -0.05) is 0 Å². The summed E-state index contributed by atoms with van der Waals surface area (Å²) < 4.78 is 48.0. The zero-order valence-electron chi connectivity index (χ0n) is 17.8. The lowest BCUT2D eigenvalue weighted by Crippen LogP contribution is -2.41. The molecule has 35 heavy (non-hydrogen) atoms. The normalized spacial score (nSPS) is 15.7. The van der Waals surface area contributed by atoms with Gasteiger partial charge in [0.2, 0.25) is 0 Å². The third-order valence-corrected chi connectivity index (χ3v) is 5.82. The van der Waals surface area contributed by atoms with E-state index in [0.717, 1.165) is 5.69 Å². The maximum atomic E-state index is 14.1. The lowest BCUT2D eigenvalue weighted by atomic mass is 9.99. The fraction of sp³-hybridized carbons (Fsp3) is 0.182. The molecule has 1 atom stereocenters. The molecule has 1 aliphatic rings. The van der Waals surface area contributed by atoms with Crippen LogP contribution in [0.15, 0.2) is 53.5 Å². The molecule has 0 radical (unpaired) electrons. The first kappa shape index (κ1) is 21.0. The smallest absolute Gasteiger partial charge is 0.312 e. The van der Waals surface area contributed by atoms with E-state index in [-0.39, 0.29) is 35.1 Å². The van der Waals surface area contributed by atoms with Gasteiger partial charge in [-0.25, -0.2) is 27.7 Å². The van der Waals surface area contributed by atoms with Crippen LogP contribution in [-0.2, 0) is 6.42 Å². The number of amides is 1. The van der Waals surface area contributed by atoms with Crippen molar-refractivity contribution in [3.8, 4) is 11.6 Å². The van der Waals surface area contributed by atoms with Gasteiger partial charge in [0, 0.05) is 36.6 Å². The van der Waals surface area contributed by atoms with Crippen molar-refractivity contribution in [1.29, 1.82) is 0 Å². The summed E-state index contributed by atoms with van der Waals surface area (Å²) in [7, 11) is 0. The summed E-state index contributed by atoms with van der Waals surface area (Å²) in [6.07, 6.45) is 2.18. The van der Waals surface area contributed by atoms with Gasteiger partial charge in [-0.2, -0.15) is 5.10 Å². The van der Waals surface area contributed by atoms with Crippen LogP contribution < -0.4 is 0 Å². The second-order valence-corrected chi connectivity index (χ2v) is 7.83. The molecule has 1 N–H and O–H groups in total. The lowest BCUT2D eigenvalue weighted by Gasteiger charge is -2.32. The van der Waals surface area contributed by atoms with Gasteiger partial charge in [0.1, 0.15) is 6.04 Å². The Morgan fingerprint density at radius 3 is 2.91 bits per heavy atom. The molecule has 1 amide bonds. The molecule has 0 fully saturated rings. The van der Waals surface area contributed by atoms with Gasteiger partial charge in [0.05, 0.1) is 23.2 Å². The zero-order chi connectivity index (χ0) is 24.1. The van der Waals surface area contributed by atoms with E-state index < -0.39 is 24.2 Å². The highest BCUT2D eigenvalue weighted by atomic mass is 19.3. The molecule has 5 aromatic rings. The Balaban J connectivity index is 1.42. The van der Waals surface area contributed by atoms with Crippen LogP contribution >= 0.6 is 0 Å². The quantitative estimate of drug-likeness (QED) is 0.419. The Kier molecular flexibility index (Phi) is 4.83. The van der Waals surface area contributed by atoms with E-state index in [1.807, 2.05) is 0 Å². The summed E-state index contributed by atoms with van der Waals surface area (Å²) in [5.41, 5.74) is 1.53. The van der Waals surface area contributed by atoms with E-state index in [9.17, 15) is 18.0 Å². The molecule has 0 saturated carbocycles. The number of nitrogens with zero attached hydrogens (tertiary/aromatic N) is 7. The van der Waals surface area contributed by atoms with E-state index in [4.69, 9.17) is 4.42 Å². The number of hydrogen-bond acceptors (Lipinski definition) is 7. The van der Waals surface area contributed by atoms with Gasteiger partial charge >= 0.3 is 11.8 Å². The van der Waals surface area contributed by atoms with Crippen LogP contribution in [-0.4, -0.2) is 52.1 Å². The number of nitrogens with one attached hydrogen (secondary N) is 1. The number of H-pyrrole nitrogens is 1. The number of carbonyl (C=O) groups excluding carboxylic acids is 1. The van der Waals surface area contributed by atoms with E-state index >= 15 is 0 Å². The predicted octanol–water partition coefficient (Wildman–Crippen LogP) is 3.37. The van der Waals surface area contributed by atoms with Crippen molar-refractivity contribution in [3.63, 3.8) is 0 Å². The highest BCUT2D eigenvalue weighted by Crippen LogP contribution is 2.35. The number of halogens is 3. The van der Waals surface area contributed by atoms with E-state index in [2.05, 4.69) is 30.2 Å². The molecule has 0 bridgehead atoms. The van der Waals surface area contributed by atoms with Crippen molar-refractivity contribution in [2.75, 3.05) is 6.54 Å². The molecule has 0 aromatic carbocycles. The maximum Gasteiger partial charge on any atom is 0.312 e. The van der Waals surface area contributed by atoms with Gasteiger partial charge in [0.15, 0.2) is 11.5 Å². The van der Waals surface area contributed by atoms with Crippen molar-refractivity contribution in [1.82, 2.24) is 39.7 Å². The van der Waals surface area contributed by atoms with Crippen LogP contribution in [0.5, 0.6) is 0 Å². The van der Waals surface area contributed by atoms with Crippen LogP contribution in [0.3, 0.4) is 0 Å². The van der Waals surface area contributed by atoms with Crippen molar-refractivity contribution in [2.45, 2.75) is 18.9 Å². The molecule has 0 saturated heterocycles. The first-order chi connectivity index (χ1) is 17.0. The topological polar surface area (TPSA) is 118 Å². The second-order valence-electron chi connectivity index (χ2n) is 7.83. The molecule has 10 nitrogen and oxygen atoms in total. The van der Waals surface area contributed by atoms with Crippen LogP contribution in [0.1, 0.15) is 45.8 Å². The van der Waals surface area contributed by atoms with Crippen molar-refractivity contribution in [3.05, 3.63) is 83.4 Å². The summed E-state index contributed by atoms with van der Waals surface area (Å²) in [5.74, 6) is -1.92. The molecule has 5 aromatic heterocycles. The minimum absolute atomic E-state index is 0.177. The lowest BCUT2D eigenvalue weighted by molar-refractivity contribution is 0.0646. The average molecular weight is 480 g/mol.